The molecule has 0 aliphatic heterocycles. The molecule has 4 nitrogen and oxygen atoms in total. The molecule has 0 radical (unpaired) electrons. The van der Waals surface area contributed by atoms with Gasteiger partial charge in [0.25, 0.3) is 0 Å². The minimum Gasteiger partial charge on any atom is -0.382 e. The predicted molar refractivity (Wildman–Crippen MR) is 71.3 cm³/mol. The molecule has 2 N–H and O–H groups in total. The molecule has 1 aliphatic rings. The molecular formula is C13H22N4. The fourth-order valence-electron chi connectivity index (χ4n) is 2.63. The smallest absolute Gasteiger partial charge is 0.146 e. The number of nitrogen functional groups attached to an aromatic ring is 1. The van der Waals surface area contributed by atoms with Gasteiger partial charge >= 0.3 is 0 Å². The predicted octanol–water partition coefficient (Wildman–Crippen LogP) is 2.39. The highest BCUT2D eigenvalue weighted by Crippen LogP contribution is 2.26. The minimum absolute atomic E-state index is 0.472. The molecular weight excluding hydrogens is 212 g/mol. The van der Waals surface area contributed by atoms with Crippen LogP contribution in [0.1, 0.15) is 45.2 Å². The average molecular weight is 234 g/mol. The third kappa shape index (κ3) is 2.68. The third-order valence-corrected chi connectivity index (χ3v) is 3.70. The highest BCUT2D eigenvalue weighted by molar-refractivity contribution is 5.97. The Balaban J connectivity index is 2.18. The summed E-state index contributed by atoms with van der Waals surface area (Å²) in [7, 11) is 1.91. The monoisotopic (exact) mass is 234 g/mol. The second kappa shape index (κ2) is 4.90. The maximum atomic E-state index is 5.69. The standard InChI is InChI=1S/C13H22N4/c1-9-6-4-5-7-11(9)15-10(2)12-8-13(14)16-17(12)3/h8-9,11H,4-7H2,1-3H3,(H2,14,16)/b15-10+. The number of hydrogen-bond acceptors (Lipinski definition) is 3. The first-order chi connectivity index (χ1) is 8.08. The summed E-state index contributed by atoms with van der Waals surface area (Å²) < 4.78 is 1.81. The van der Waals surface area contributed by atoms with Crippen molar-refractivity contribution in [1.29, 1.82) is 0 Å². The number of aryl methyl sites for hydroxylation is 1. The maximum absolute atomic E-state index is 5.69. The lowest BCUT2D eigenvalue weighted by molar-refractivity contribution is 0.333. The first-order valence-corrected chi connectivity index (χ1v) is 6.42. The van der Waals surface area contributed by atoms with Crippen LogP contribution in [-0.4, -0.2) is 21.5 Å². The van der Waals surface area contributed by atoms with Crippen LogP contribution in [0.2, 0.25) is 0 Å². The summed E-state index contributed by atoms with van der Waals surface area (Å²) >= 11 is 0. The van der Waals surface area contributed by atoms with Crippen molar-refractivity contribution < 1.29 is 0 Å². The fourth-order valence-corrected chi connectivity index (χ4v) is 2.63. The van der Waals surface area contributed by atoms with Gasteiger partial charge in [0.2, 0.25) is 0 Å². The number of aliphatic imine (C=N–C) groups is 1. The summed E-state index contributed by atoms with van der Waals surface area (Å²) in [6.07, 6.45) is 5.17. The molecule has 1 saturated carbocycles. The Labute approximate surface area is 103 Å². The van der Waals surface area contributed by atoms with Gasteiger partial charge in [0.15, 0.2) is 0 Å². The second-order valence-corrected chi connectivity index (χ2v) is 5.12. The van der Waals surface area contributed by atoms with Gasteiger partial charge in [-0.2, -0.15) is 5.10 Å². The molecule has 4 heteroatoms. The first-order valence-electron chi connectivity index (χ1n) is 6.42. The Bertz CT molecular complexity index is 419. The van der Waals surface area contributed by atoms with Crippen LogP contribution in [0.5, 0.6) is 0 Å². The molecule has 2 unspecified atom stereocenters. The van der Waals surface area contributed by atoms with E-state index in [1.54, 1.807) is 0 Å². The normalized spacial score (nSPS) is 26.2. The van der Waals surface area contributed by atoms with Crippen LogP contribution in [0.15, 0.2) is 11.1 Å². The molecule has 1 aliphatic carbocycles. The van der Waals surface area contributed by atoms with Gasteiger partial charge in [0, 0.05) is 13.1 Å². The molecule has 0 aromatic carbocycles. The lowest BCUT2D eigenvalue weighted by Crippen LogP contribution is -2.22. The highest BCUT2D eigenvalue weighted by atomic mass is 15.3. The third-order valence-electron chi connectivity index (χ3n) is 3.70. The summed E-state index contributed by atoms with van der Waals surface area (Å²) in [5.74, 6) is 1.26. The van der Waals surface area contributed by atoms with E-state index in [4.69, 9.17) is 10.7 Å². The lowest BCUT2D eigenvalue weighted by Gasteiger charge is -2.25. The summed E-state index contributed by atoms with van der Waals surface area (Å²) in [4.78, 5) is 4.86. The topological polar surface area (TPSA) is 56.2 Å². The Hall–Kier alpha value is -1.32. The maximum Gasteiger partial charge on any atom is 0.146 e. The molecule has 0 saturated heterocycles. The minimum atomic E-state index is 0.472. The SMILES string of the molecule is C/C(=N\C1CCCCC1C)c1cc(N)nn1C. The van der Waals surface area contributed by atoms with Crippen molar-refractivity contribution in [2.75, 3.05) is 5.73 Å². The van der Waals surface area contributed by atoms with Gasteiger partial charge in [-0.25, -0.2) is 0 Å². The van der Waals surface area contributed by atoms with Gasteiger partial charge < -0.3 is 5.73 Å². The van der Waals surface area contributed by atoms with Crippen LogP contribution in [0, 0.1) is 5.92 Å². The van der Waals surface area contributed by atoms with Crippen LogP contribution in [-0.2, 0) is 7.05 Å². The van der Waals surface area contributed by atoms with Crippen LogP contribution in [0.25, 0.3) is 0 Å². The molecule has 0 amide bonds. The molecule has 94 valence electrons. The summed E-state index contributed by atoms with van der Waals surface area (Å²) in [6.45, 7) is 4.36. The van der Waals surface area contributed by atoms with Crippen molar-refractivity contribution in [3.05, 3.63) is 11.8 Å². The van der Waals surface area contributed by atoms with Crippen LogP contribution >= 0.6 is 0 Å². The first kappa shape index (κ1) is 12.1. The molecule has 1 heterocycles. The van der Waals surface area contributed by atoms with Crippen molar-refractivity contribution in [1.82, 2.24) is 9.78 Å². The zero-order valence-electron chi connectivity index (χ0n) is 11.0. The van der Waals surface area contributed by atoms with E-state index < -0.39 is 0 Å². The lowest BCUT2D eigenvalue weighted by atomic mass is 9.86. The molecule has 17 heavy (non-hydrogen) atoms. The summed E-state index contributed by atoms with van der Waals surface area (Å²) in [5.41, 5.74) is 7.77. The van der Waals surface area contributed by atoms with Crippen LogP contribution < -0.4 is 5.73 Å². The van der Waals surface area contributed by atoms with E-state index in [1.807, 2.05) is 17.8 Å². The van der Waals surface area contributed by atoms with E-state index in [2.05, 4.69) is 18.9 Å². The van der Waals surface area contributed by atoms with Crippen molar-refractivity contribution in [2.24, 2.45) is 18.0 Å². The van der Waals surface area contributed by atoms with E-state index in [-0.39, 0.29) is 0 Å². The summed E-state index contributed by atoms with van der Waals surface area (Å²) in [6, 6.07) is 2.37. The largest absolute Gasteiger partial charge is 0.382 e. The van der Waals surface area contributed by atoms with Gasteiger partial charge in [-0.1, -0.05) is 19.8 Å². The van der Waals surface area contributed by atoms with Crippen LogP contribution in [0.3, 0.4) is 0 Å². The molecule has 2 rings (SSSR count). The van der Waals surface area contributed by atoms with E-state index in [9.17, 15) is 0 Å². The molecule has 1 aromatic heterocycles. The van der Waals surface area contributed by atoms with Crippen molar-refractivity contribution >= 4 is 11.5 Å². The number of aromatic nitrogens is 2. The average Bonchev–Trinajstić information content (AvgIpc) is 2.61. The van der Waals surface area contributed by atoms with Gasteiger partial charge in [0.05, 0.1) is 17.4 Å². The Morgan fingerprint density at radius 2 is 2.18 bits per heavy atom. The van der Waals surface area contributed by atoms with Crippen molar-refractivity contribution in [2.45, 2.75) is 45.6 Å². The second-order valence-electron chi connectivity index (χ2n) is 5.12. The quantitative estimate of drug-likeness (QED) is 0.799. The van der Waals surface area contributed by atoms with E-state index >= 15 is 0 Å². The van der Waals surface area contributed by atoms with E-state index in [1.165, 1.54) is 25.7 Å². The Morgan fingerprint density at radius 3 is 2.76 bits per heavy atom. The molecule has 0 bridgehead atoms. The molecule has 1 fully saturated rings. The molecule has 0 spiro atoms. The van der Waals surface area contributed by atoms with Gasteiger partial charge in [-0.05, 0) is 25.7 Å². The van der Waals surface area contributed by atoms with Crippen LogP contribution in [0.4, 0.5) is 5.82 Å². The number of rotatable bonds is 2. The van der Waals surface area contributed by atoms with Crippen molar-refractivity contribution in [3.63, 3.8) is 0 Å². The number of nitrogens with zero attached hydrogens (tertiary/aromatic N) is 3. The highest BCUT2D eigenvalue weighted by Gasteiger charge is 2.21. The van der Waals surface area contributed by atoms with Gasteiger partial charge in [-0.3, -0.25) is 9.67 Å². The Morgan fingerprint density at radius 1 is 1.47 bits per heavy atom. The summed E-state index contributed by atoms with van der Waals surface area (Å²) in [5, 5.41) is 4.16. The Kier molecular flexibility index (Phi) is 3.50. The van der Waals surface area contributed by atoms with Gasteiger partial charge in [0.1, 0.15) is 5.82 Å². The van der Waals surface area contributed by atoms with Gasteiger partial charge in [-0.15, -0.1) is 0 Å². The van der Waals surface area contributed by atoms with Crippen molar-refractivity contribution in [3.8, 4) is 0 Å². The number of hydrogen-bond donors (Lipinski definition) is 1. The number of anilines is 1. The van der Waals surface area contributed by atoms with E-state index in [0.717, 1.165) is 11.4 Å². The zero-order chi connectivity index (χ0) is 12.4. The van der Waals surface area contributed by atoms with E-state index in [0.29, 0.717) is 17.8 Å². The fraction of sp³-hybridized carbons (Fsp3) is 0.692. The molecule has 1 aromatic rings. The zero-order valence-corrected chi connectivity index (χ0v) is 11.0. The number of nitrogens with two attached hydrogens (primary N) is 1. The molecule has 2 atom stereocenters.